The summed E-state index contributed by atoms with van der Waals surface area (Å²) in [6, 6.07) is 13.0. The van der Waals surface area contributed by atoms with E-state index < -0.39 is 5.82 Å². The third-order valence-corrected chi connectivity index (χ3v) is 6.70. The maximum absolute atomic E-state index is 16.0. The summed E-state index contributed by atoms with van der Waals surface area (Å²) in [6.07, 6.45) is 6.50. The third kappa shape index (κ3) is 3.78. The third-order valence-electron chi connectivity index (χ3n) is 6.70. The number of hydrogen-bond acceptors (Lipinski definition) is 5. The molecule has 4 aromatic heterocycles. The predicted octanol–water partition coefficient (Wildman–Crippen LogP) is 5.86. The number of amides is 1. The Kier molecular flexibility index (Phi) is 5.00. The van der Waals surface area contributed by atoms with Crippen molar-refractivity contribution in [3.8, 4) is 33.8 Å². The van der Waals surface area contributed by atoms with Crippen molar-refractivity contribution in [2.45, 2.75) is 12.8 Å². The number of nitrogens with zero attached hydrogens (tertiary/aromatic N) is 4. The first-order valence-electron chi connectivity index (χ1n) is 12.1. The molecular weight excluding hydrogens is 488 g/mol. The summed E-state index contributed by atoms with van der Waals surface area (Å²) in [6.45, 7) is 0. The SMILES string of the molecule is O=C(Nc1cncc(-c2ccc3[nH]nc(-c4nc5c(-c6ccc(F)cc6)ccnc5[nH]4)c3c2F)c1)C1CC1. The topological polar surface area (TPSA) is 112 Å². The standard InChI is InChI=1S/C28H19F2N7O/c29-17-5-3-14(4-6-17)20-9-10-32-26-24(20)34-27(35-26)25-22-21(36-37-25)8-7-19(23(22)30)16-11-18(13-31-12-16)33-28(38)15-1-2-15/h3-13,15H,1-2H2,(H,33,38)(H,36,37)(H,32,34,35). The monoisotopic (exact) mass is 507 g/mol. The van der Waals surface area contributed by atoms with Gasteiger partial charge in [-0.3, -0.25) is 14.9 Å². The number of nitrogens with one attached hydrogen (secondary N) is 3. The van der Waals surface area contributed by atoms with Crippen molar-refractivity contribution in [2.75, 3.05) is 5.32 Å². The van der Waals surface area contributed by atoms with Gasteiger partial charge in [-0.25, -0.2) is 18.7 Å². The Balaban J connectivity index is 1.31. The summed E-state index contributed by atoms with van der Waals surface area (Å²) < 4.78 is 29.5. The number of pyridine rings is 2. The highest BCUT2D eigenvalue weighted by Crippen LogP contribution is 2.36. The Morgan fingerprint density at radius 1 is 0.974 bits per heavy atom. The second-order valence-corrected chi connectivity index (χ2v) is 9.30. The van der Waals surface area contributed by atoms with Gasteiger partial charge in [0.25, 0.3) is 0 Å². The van der Waals surface area contributed by atoms with E-state index >= 15 is 4.39 Å². The van der Waals surface area contributed by atoms with Crippen LogP contribution in [0.1, 0.15) is 12.8 Å². The molecule has 0 saturated heterocycles. The predicted molar refractivity (Wildman–Crippen MR) is 139 cm³/mol. The largest absolute Gasteiger partial charge is 0.324 e. The molecule has 0 atom stereocenters. The summed E-state index contributed by atoms with van der Waals surface area (Å²) in [5.74, 6) is -0.488. The van der Waals surface area contributed by atoms with Crippen LogP contribution < -0.4 is 5.32 Å². The van der Waals surface area contributed by atoms with Crippen molar-refractivity contribution >= 4 is 33.7 Å². The molecule has 6 aromatic rings. The van der Waals surface area contributed by atoms with E-state index in [1.807, 2.05) is 0 Å². The summed E-state index contributed by atoms with van der Waals surface area (Å²) in [5, 5.41) is 10.3. The van der Waals surface area contributed by atoms with Crippen LogP contribution in [0.5, 0.6) is 0 Å². The molecule has 10 heteroatoms. The van der Waals surface area contributed by atoms with E-state index in [1.165, 1.54) is 12.1 Å². The Hall–Kier alpha value is -4.99. The number of benzene rings is 2. The van der Waals surface area contributed by atoms with E-state index in [4.69, 9.17) is 4.98 Å². The van der Waals surface area contributed by atoms with E-state index in [1.54, 1.807) is 55.0 Å². The lowest BCUT2D eigenvalue weighted by Crippen LogP contribution is -2.13. The van der Waals surface area contributed by atoms with Gasteiger partial charge < -0.3 is 10.3 Å². The minimum absolute atomic E-state index is 0.0436. The number of carbonyl (C=O) groups excluding carboxylic acids is 1. The number of imidazole rings is 1. The van der Waals surface area contributed by atoms with Gasteiger partial charge in [-0.2, -0.15) is 5.10 Å². The van der Waals surface area contributed by atoms with Crippen LogP contribution in [-0.4, -0.2) is 36.0 Å². The van der Waals surface area contributed by atoms with Crippen LogP contribution in [0.15, 0.2) is 67.1 Å². The summed E-state index contributed by atoms with van der Waals surface area (Å²) in [4.78, 5) is 28.6. The smallest absolute Gasteiger partial charge is 0.227 e. The lowest BCUT2D eigenvalue weighted by Gasteiger charge is -2.08. The lowest BCUT2D eigenvalue weighted by atomic mass is 10.0. The van der Waals surface area contributed by atoms with Crippen LogP contribution in [0.4, 0.5) is 14.5 Å². The summed E-state index contributed by atoms with van der Waals surface area (Å²) >= 11 is 0. The van der Waals surface area contributed by atoms with Gasteiger partial charge in [0.05, 0.1) is 22.8 Å². The van der Waals surface area contributed by atoms with Crippen LogP contribution >= 0.6 is 0 Å². The van der Waals surface area contributed by atoms with E-state index in [0.29, 0.717) is 45.0 Å². The van der Waals surface area contributed by atoms with Crippen LogP contribution in [-0.2, 0) is 4.79 Å². The van der Waals surface area contributed by atoms with Gasteiger partial charge >= 0.3 is 0 Å². The average Bonchev–Trinajstić information content (AvgIpc) is 3.54. The van der Waals surface area contributed by atoms with Gasteiger partial charge in [0.1, 0.15) is 22.8 Å². The molecule has 3 N–H and O–H groups in total. The Morgan fingerprint density at radius 3 is 2.63 bits per heavy atom. The zero-order chi connectivity index (χ0) is 25.8. The van der Waals surface area contributed by atoms with E-state index in [-0.39, 0.29) is 23.0 Å². The molecule has 1 amide bonds. The van der Waals surface area contributed by atoms with Gasteiger partial charge in [-0.1, -0.05) is 12.1 Å². The van der Waals surface area contributed by atoms with Crippen LogP contribution in [0.3, 0.4) is 0 Å². The molecular formula is C28H19F2N7O. The fourth-order valence-corrected chi connectivity index (χ4v) is 4.60. The number of carbonyl (C=O) groups is 1. The minimum atomic E-state index is -0.495. The molecule has 1 saturated carbocycles. The van der Waals surface area contributed by atoms with Gasteiger partial charge in [0.2, 0.25) is 5.91 Å². The number of rotatable bonds is 5. The lowest BCUT2D eigenvalue weighted by molar-refractivity contribution is -0.117. The van der Waals surface area contributed by atoms with Crippen LogP contribution in [0.2, 0.25) is 0 Å². The molecule has 186 valence electrons. The second kappa shape index (κ2) is 8.55. The van der Waals surface area contributed by atoms with Crippen molar-refractivity contribution in [3.05, 3.63) is 78.8 Å². The highest BCUT2D eigenvalue weighted by molar-refractivity contribution is 5.98. The maximum Gasteiger partial charge on any atom is 0.227 e. The van der Waals surface area contributed by atoms with Crippen molar-refractivity contribution < 1.29 is 13.6 Å². The summed E-state index contributed by atoms with van der Waals surface area (Å²) in [5.41, 5.74) is 4.75. The second-order valence-electron chi connectivity index (χ2n) is 9.30. The molecule has 1 aliphatic carbocycles. The normalized spacial score (nSPS) is 13.3. The van der Waals surface area contributed by atoms with Crippen molar-refractivity contribution in [1.82, 2.24) is 30.1 Å². The van der Waals surface area contributed by atoms with Crippen LogP contribution in [0, 0.1) is 17.6 Å². The molecule has 0 radical (unpaired) electrons. The Bertz CT molecular complexity index is 1860. The highest BCUT2D eigenvalue weighted by Gasteiger charge is 2.29. The molecule has 2 aromatic carbocycles. The molecule has 0 bridgehead atoms. The first-order valence-corrected chi connectivity index (χ1v) is 12.1. The molecule has 4 heterocycles. The summed E-state index contributed by atoms with van der Waals surface area (Å²) in [7, 11) is 0. The van der Waals surface area contributed by atoms with E-state index in [2.05, 4.69) is 30.5 Å². The molecule has 1 fully saturated rings. The number of aromatic nitrogens is 6. The molecule has 38 heavy (non-hydrogen) atoms. The van der Waals surface area contributed by atoms with Gasteiger partial charge in [0.15, 0.2) is 11.5 Å². The van der Waals surface area contributed by atoms with Gasteiger partial charge in [-0.15, -0.1) is 0 Å². The zero-order valence-electron chi connectivity index (χ0n) is 19.8. The average molecular weight is 508 g/mol. The number of aromatic amines is 2. The molecule has 0 aliphatic heterocycles. The first kappa shape index (κ1) is 22.2. The van der Waals surface area contributed by atoms with Crippen molar-refractivity contribution in [3.63, 3.8) is 0 Å². The van der Waals surface area contributed by atoms with Crippen molar-refractivity contribution in [2.24, 2.45) is 5.92 Å². The first-order chi connectivity index (χ1) is 18.5. The van der Waals surface area contributed by atoms with Gasteiger partial charge in [0, 0.05) is 35.0 Å². The molecule has 0 unspecified atom stereocenters. The fraction of sp³-hybridized carbons (Fsp3) is 0.107. The zero-order valence-corrected chi connectivity index (χ0v) is 19.8. The number of halogens is 2. The van der Waals surface area contributed by atoms with Crippen LogP contribution in [0.25, 0.3) is 55.8 Å². The minimum Gasteiger partial charge on any atom is -0.324 e. The molecule has 0 spiro atoms. The molecule has 1 aliphatic rings. The number of H-pyrrole nitrogens is 2. The van der Waals surface area contributed by atoms with Crippen molar-refractivity contribution in [1.29, 1.82) is 0 Å². The van der Waals surface area contributed by atoms with Gasteiger partial charge in [-0.05, 0) is 54.8 Å². The number of anilines is 1. The quantitative estimate of drug-likeness (QED) is 0.271. The molecule has 8 nitrogen and oxygen atoms in total. The maximum atomic E-state index is 16.0. The number of hydrogen-bond donors (Lipinski definition) is 3. The Morgan fingerprint density at radius 2 is 1.82 bits per heavy atom. The Labute approximate surface area is 214 Å². The fourth-order valence-electron chi connectivity index (χ4n) is 4.60. The van der Waals surface area contributed by atoms with E-state index in [0.717, 1.165) is 24.0 Å². The number of fused-ring (bicyclic) bond motifs is 2. The highest BCUT2D eigenvalue weighted by atomic mass is 19.1. The molecule has 7 rings (SSSR count). The van der Waals surface area contributed by atoms with E-state index in [9.17, 15) is 9.18 Å².